The Hall–Kier alpha value is -1.42. The molecule has 0 saturated heterocycles. The summed E-state index contributed by atoms with van der Waals surface area (Å²) in [6, 6.07) is 6.29. The molecule has 0 heterocycles. The second kappa shape index (κ2) is 7.23. The maximum atomic E-state index is 13.2. The van der Waals surface area contributed by atoms with Gasteiger partial charge in [-0.05, 0) is 42.9 Å². The number of hydrogen-bond donors (Lipinski definition) is 2. The minimum atomic E-state index is -0.545. The van der Waals surface area contributed by atoms with Crippen LogP contribution < -0.4 is 5.32 Å². The average Bonchev–Trinajstić information content (AvgIpc) is 2.98. The van der Waals surface area contributed by atoms with Crippen LogP contribution in [0.25, 0.3) is 0 Å². The molecular formula is C18H26FNO2. The minimum absolute atomic E-state index is 0.0174. The Labute approximate surface area is 131 Å². The van der Waals surface area contributed by atoms with Crippen molar-refractivity contribution in [2.45, 2.75) is 57.4 Å². The smallest absolute Gasteiger partial charge is 0.230 e. The molecule has 1 amide bonds. The van der Waals surface area contributed by atoms with Crippen LogP contribution >= 0.6 is 0 Å². The predicted octanol–water partition coefficient (Wildman–Crippen LogP) is 3.16. The van der Waals surface area contributed by atoms with E-state index in [1.54, 1.807) is 12.1 Å². The van der Waals surface area contributed by atoms with Crippen LogP contribution in [0.1, 0.15) is 51.5 Å². The van der Waals surface area contributed by atoms with Crippen LogP contribution in [0.4, 0.5) is 4.39 Å². The summed E-state index contributed by atoms with van der Waals surface area (Å²) in [6.45, 7) is 4.15. The zero-order valence-electron chi connectivity index (χ0n) is 13.4. The molecule has 1 atom stereocenters. The van der Waals surface area contributed by atoms with Gasteiger partial charge in [-0.25, -0.2) is 4.39 Å². The molecule has 2 N–H and O–H groups in total. The summed E-state index contributed by atoms with van der Waals surface area (Å²) in [4.78, 5) is 13.0. The highest BCUT2D eigenvalue weighted by Gasteiger charge is 2.43. The largest absolute Gasteiger partial charge is 0.396 e. The van der Waals surface area contributed by atoms with Gasteiger partial charge in [-0.1, -0.05) is 38.8 Å². The first-order chi connectivity index (χ1) is 10.5. The molecule has 0 aromatic heterocycles. The molecule has 0 bridgehead atoms. The standard InChI is InChI=1S/C18H26FNO2/c1-13(2)16(9-12-21)20-17(22)18(10-3-4-11-18)14-5-7-15(19)8-6-14/h5-8,13,16,21H,3-4,9-12H2,1-2H3,(H,20,22). The van der Waals surface area contributed by atoms with Gasteiger partial charge in [0.05, 0.1) is 5.41 Å². The van der Waals surface area contributed by atoms with Crippen LogP contribution in [0.3, 0.4) is 0 Å². The quantitative estimate of drug-likeness (QED) is 0.848. The molecule has 1 aliphatic rings. The van der Waals surface area contributed by atoms with Crippen molar-refractivity contribution in [3.63, 3.8) is 0 Å². The molecule has 1 aromatic rings. The third-order valence-electron chi connectivity index (χ3n) is 4.85. The summed E-state index contributed by atoms with van der Waals surface area (Å²) in [5, 5.41) is 12.3. The van der Waals surface area contributed by atoms with E-state index >= 15 is 0 Å². The van der Waals surface area contributed by atoms with Crippen molar-refractivity contribution in [3.05, 3.63) is 35.6 Å². The number of benzene rings is 1. The Bertz CT molecular complexity index is 492. The fourth-order valence-corrected chi connectivity index (χ4v) is 3.41. The Balaban J connectivity index is 2.23. The number of carbonyl (C=O) groups is 1. The zero-order valence-corrected chi connectivity index (χ0v) is 13.4. The number of halogens is 1. The highest BCUT2D eigenvalue weighted by Crippen LogP contribution is 2.41. The summed E-state index contributed by atoms with van der Waals surface area (Å²) in [5.74, 6) is 0.00386. The highest BCUT2D eigenvalue weighted by molar-refractivity contribution is 5.88. The summed E-state index contributed by atoms with van der Waals surface area (Å²) in [7, 11) is 0. The normalized spacial score (nSPS) is 18.4. The van der Waals surface area contributed by atoms with Crippen molar-refractivity contribution in [1.82, 2.24) is 5.32 Å². The van der Waals surface area contributed by atoms with Crippen molar-refractivity contribution < 1.29 is 14.3 Å². The summed E-state index contributed by atoms with van der Waals surface area (Å²) >= 11 is 0. The molecule has 122 valence electrons. The van der Waals surface area contributed by atoms with Crippen molar-refractivity contribution >= 4 is 5.91 Å². The third kappa shape index (κ3) is 3.49. The van der Waals surface area contributed by atoms with E-state index in [-0.39, 0.29) is 30.3 Å². The Morgan fingerprint density at radius 2 is 1.86 bits per heavy atom. The highest BCUT2D eigenvalue weighted by atomic mass is 19.1. The topological polar surface area (TPSA) is 49.3 Å². The number of rotatable bonds is 6. The molecule has 0 aliphatic heterocycles. The first-order valence-corrected chi connectivity index (χ1v) is 8.17. The molecule has 1 saturated carbocycles. The van der Waals surface area contributed by atoms with Crippen molar-refractivity contribution in [2.75, 3.05) is 6.61 Å². The molecule has 1 unspecified atom stereocenters. The van der Waals surface area contributed by atoms with Gasteiger partial charge in [0.15, 0.2) is 0 Å². The Kier molecular flexibility index (Phi) is 5.57. The zero-order chi connectivity index (χ0) is 16.2. The molecule has 0 spiro atoms. The van der Waals surface area contributed by atoms with Gasteiger partial charge in [0, 0.05) is 12.6 Å². The summed E-state index contributed by atoms with van der Waals surface area (Å²) in [6.07, 6.45) is 4.18. The number of aliphatic hydroxyl groups is 1. The van der Waals surface area contributed by atoms with E-state index in [1.807, 2.05) is 13.8 Å². The van der Waals surface area contributed by atoms with Crippen LogP contribution in [-0.2, 0) is 10.2 Å². The molecule has 0 radical (unpaired) electrons. The molecule has 4 heteroatoms. The fraction of sp³-hybridized carbons (Fsp3) is 0.611. The lowest BCUT2D eigenvalue weighted by Crippen LogP contribution is -2.49. The average molecular weight is 307 g/mol. The Morgan fingerprint density at radius 1 is 1.27 bits per heavy atom. The minimum Gasteiger partial charge on any atom is -0.396 e. The van der Waals surface area contributed by atoms with Gasteiger partial charge < -0.3 is 10.4 Å². The van der Waals surface area contributed by atoms with Gasteiger partial charge in [-0.3, -0.25) is 4.79 Å². The van der Waals surface area contributed by atoms with Crippen molar-refractivity contribution in [2.24, 2.45) is 5.92 Å². The molecule has 1 fully saturated rings. The van der Waals surface area contributed by atoms with Gasteiger partial charge in [0.25, 0.3) is 0 Å². The fourth-order valence-electron chi connectivity index (χ4n) is 3.41. The Morgan fingerprint density at radius 3 is 2.36 bits per heavy atom. The van der Waals surface area contributed by atoms with E-state index < -0.39 is 5.41 Å². The summed E-state index contributed by atoms with van der Waals surface area (Å²) in [5.41, 5.74) is 0.353. The maximum absolute atomic E-state index is 13.2. The number of aliphatic hydroxyl groups excluding tert-OH is 1. The number of carbonyl (C=O) groups excluding carboxylic acids is 1. The van der Waals surface area contributed by atoms with Gasteiger partial charge in [-0.15, -0.1) is 0 Å². The molecule has 22 heavy (non-hydrogen) atoms. The van der Waals surface area contributed by atoms with E-state index in [4.69, 9.17) is 0 Å². The molecular weight excluding hydrogens is 281 g/mol. The monoisotopic (exact) mass is 307 g/mol. The maximum Gasteiger partial charge on any atom is 0.230 e. The first-order valence-electron chi connectivity index (χ1n) is 8.17. The van der Waals surface area contributed by atoms with E-state index in [2.05, 4.69) is 5.32 Å². The molecule has 1 aromatic carbocycles. The van der Waals surface area contributed by atoms with Crippen LogP contribution in [-0.4, -0.2) is 23.7 Å². The van der Waals surface area contributed by atoms with E-state index in [1.165, 1.54) is 12.1 Å². The van der Waals surface area contributed by atoms with Gasteiger partial charge in [0.1, 0.15) is 5.82 Å². The van der Waals surface area contributed by atoms with Gasteiger partial charge in [0.2, 0.25) is 5.91 Å². The second-order valence-electron chi connectivity index (χ2n) is 6.63. The molecule has 2 rings (SSSR count). The van der Waals surface area contributed by atoms with Crippen LogP contribution in [0.15, 0.2) is 24.3 Å². The van der Waals surface area contributed by atoms with Crippen molar-refractivity contribution in [1.29, 1.82) is 0 Å². The van der Waals surface area contributed by atoms with Crippen LogP contribution in [0, 0.1) is 11.7 Å². The van der Waals surface area contributed by atoms with Crippen LogP contribution in [0.5, 0.6) is 0 Å². The second-order valence-corrected chi connectivity index (χ2v) is 6.63. The third-order valence-corrected chi connectivity index (χ3v) is 4.85. The molecule has 3 nitrogen and oxygen atoms in total. The van der Waals surface area contributed by atoms with Crippen molar-refractivity contribution in [3.8, 4) is 0 Å². The van der Waals surface area contributed by atoms with Crippen LogP contribution in [0.2, 0.25) is 0 Å². The van der Waals surface area contributed by atoms with E-state index in [0.29, 0.717) is 6.42 Å². The number of amides is 1. The lowest BCUT2D eigenvalue weighted by molar-refractivity contribution is -0.127. The number of hydrogen-bond acceptors (Lipinski definition) is 2. The number of nitrogens with one attached hydrogen (secondary N) is 1. The summed E-state index contributed by atoms with van der Waals surface area (Å²) < 4.78 is 13.2. The van der Waals surface area contributed by atoms with Gasteiger partial charge in [-0.2, -0.15) is 0 Å². The SMILES string of the molecule is CC(C)C(CCO)NC(=O)C1(c2ccc(F)cc2)CCCC1. The lowest BCUT2D eigenvalue weighted by atomic mass is 9.77. The van der Waals surface area contributed by atoms with E-state index in [9.17, 15) is 14.3 Å². The van der Waals surface area contributed by atoms with Gasteiger partial charge >= 0.3 is 0 Å². The predicted molar refractivity (Wildman–Crippen MR) is 85.0 cm³/mol. The lowest BCUT2D eigenvalue weighted by Gasteiger charge is -2.32. The first kappa shape index (κ1) is 16.9. The molecule has 1 aliphatic carbocycles. The van der Waals surface area contributed by atoms with E-state index in [0.717, 1.165) is 31.2 Å².